The van der Waals surface area contributed by atoms with Crippen molar-refractivity contribution in [3.8, 4) is 0 Å². The van der Waals surface area contributed by atoms with Crippen LogP contribution in [0.25, 0.3) is 10.1 Å². The van der Waals surface area contributed by atoms with Crippen molar-refractivity contribution in [1.29, 1.82) is 0 Å². The first-order chi connectivity index (χ1) is 13.2. The molecule has 1 amide bonds. The minimum atomic E-state index is -1.11. The number of rotatable bonds is 5. The molecule has 0 aliphatic rings. The summed E-state index contributed by atoms with van der Waals surface area (Å²) in [6.45, 7) is 3.00. The number of aryl methyl sites for hydroxylation is 1. The molecule has 0 aliphatic heterocycles. The zero-order valence-electron chi connectivity index (χ0n) is 14.9. The van der Waals surface area contributed by atoms with Crippen LogP contribution in [0.3, 0.4) is 0 Å². The Bertz CT molecular complexity index is 1100. The van der Waals surface area contributed by atoms with E-state index in [9.17, 15) is 24.1 Å². The molecule has 1 unspecified atom stereocenters. The molecule has 9 heteroatoms. The highest BCUT2D eigenvalue weighted by molar-refractivity contribution is 7.20. The van der Waals surface area contributed by atoms with E-state index in [0.29, 0.717) is 15.6 Å². The van der Waals surface area contributed by atoms with Gasteiger partial charge in [0.1, 0.15) is 10.7 Å². The summed E-state index contributed by atoms with van der Waals surface area (Å²) in [7, 11) is 0. The topological polar surface area (TPSA) is 98.5 Å². The zero-order valence-corrected chi connectivity index (χ0v) is 15.7. The summed E-state index contributed by atoms with van der Waals surface area (Å²) in [5, 5.41) is 13.9. The molecule has 1 atom stereocenters. The fourth-order valence-electron chi connectivity index (χ4n) is 2.43. The molecule has 0 bridgehead atoms. The molecular formula is C19H15FN2O5S. The third-order valence-electron chi connectivity index (χ3n) is 4.00. The van der Waals surface area contributed by atoms with Crippen molar-refractivity contribution in [2.24, 2.45) is 0 Å². The van der Waals surface area contributed by atoms with Crippen LogP contribution in [0, 0.1) is 22.9 Å². The van der Waals surface area contributed by atoms with Gasteiger partial charge in [0.2, 0.25) is 0 Å². The number of hydrogen-bond acceptors (Lipinski definition) is 6. The second kappa shape index (κ2) is 7.73. The van der Waals surface area contributed by atoms with E-state index in [2.05, 4.69) is 5.32 Å². The Hall–Kier alpha value is -3.33. The lowest BCUT2D eigenvalue weighted by Crippen LogP contribution is -2.29. The van der Waals surface area contributed by atoms with Crippen LogP contribution in [-0.4, -0.2) is 22.9 Å². The van der Waals surface area contributed by atoms with Gasteiger partial charge >= 0.3 is 5.97 Å². The van der Waals surface area contributed by atoms with E-state index < -0.39 is 28.7 Å². The first-order valence-electron chi connectivity index (χ1n) is 8.20. The van der Waals surface area contributed by atoms with Crippen LogP contribution < -0.4 is 5.32 Å². The molecule has 0 aliphatic carbocycles. The number of amides is 1. The number of esters is 1. The molecule has 0 radical (unpaired) electrons. The van der Waals surface area contributed by atoms with Crippen LogP contribution in [0.1, 0.15) is 22.2 Å². The number of carbonyl (C=O) groups excluding carboxylic acids is 2. The maximum Gasteiger partial charge on any atom is 0.349 e. The number of fused-ring (bicyclic) bond motifs is 1. The second-order valence-electron chi connectivity index (χ2n) is 6.09. The number of thiophene rings is 1. The van der Waals surface area contributed by atoms with Crippen molar-refractivity contribution in [3.05, 3.63) is 68.8 Å². The number of halogens is 1. The number of hydrogen-bond donors (Lipinski definition) is 1. The predicted molar refractivity (Wildman–Crippen MR) is 103 cm³/mol. The lowest BCUT2D eigenvalue weighted by atomic mass is 10.2. The van der Waals surface area contributed by atoms with Gasteiger partial charge in [-0.05, 0) is 43.7 Å². The first-order valence-corrected chi connectivity index (χ1v) is 9.02. The Morgan fingerprint density at radius 2 is 1.96 bits per heavy atom. The third-order valence-corrected chi connectivity index (χ3v) is 5.10. The maximum atomic E-state index is 13.6. The van der Waals surface area contributed by atoms with E-state index in [1.165, 1.54) is 37.3 Å². The average molecular weight is 402 g/mol. The van der Waals surface area contributed by atoms with Crippen LogP contribution in [0.15, 0.2) is 42.5 Å². The molecule has 0 spiro atoms. The predicted octanol–water partition coefficient (Wildman–Crippen LogP) is 4.44. The van der Waals surface area contributed by atoms with Crippen LogP contribution >= 0.6 is 11.3 Å². The molecule has 1 aromatic heterocycles. The van der Waals surface area contributed by atoms with Crippen molar-refractivity contribution in [3.63, 3.8) is 0 Å². The number of carbonyl (C=O) groups is 2. The number of nitro groups is 1. The van der Waals surface area contributed by atoms with E-state index in [1.54, 1.807) is 19.1 Å². The second-order valence-corrected chi connectivity index (χ2v) is 7.17. The van der Waals surface area contributed by atoms with Crippen molar-refractivity contribution in [2.75, 3.05) is 5.32 Å². The Kier molecular flexibility index (Phi) is 5.36. The summed E-state index contributed by atoms with van der Waals surface area (Å²) in [4.78, 5) is 35.0. The number of nitrogens with one attached hydrogen (secondary N) is 1. The monoisotopic (exact) mass is 402 g/mol. The summed E-state index contributed by atoms with van der Waals surface area (Å²) in [5.74, 6) is -1.78. The lowest BCUT2D eigenvalue weighted by Gasteiger charge is -2.13. The van der Waals surface area contributed by atoms with Crippen LogP contribution in [0.2, 0.25) is 0 Å². The fraction of sp³-hybridized carbons (Fsp3) is 0.158. The first kappa shape index (κ1) is 19.4. The molecule has 3 aromatic rings. The minimum Gasteiger partial charge on any atom is -0.448 e. The number of nitro benzene ring substituents is 1. The molecule has 2 aromatic carbocycles. The standard InChI is InChI=1S/C19H15FN2O5S/c1-10-3-4-13(9-15(10)20)21-18(23)11(2)27-19(24)17-8-12-7-14(22(25)26)5-6-16(12)28-17/h3-9,11H,1-2H3,(H,21,23). The van der Waals surface area contributed by atoms with Crippen LogP contribution in [0.5, 0.6) is 0 Å². The van der Waals surface area contributed by atoms with Crippen LogP contribution in [0.4, 0.5) is 15.8 Å². The van der Waals surface area contributed by atoms with Crippen molar-refractivity contribution in [2.45, 2.75) is 20.0 Å². The number of anilines is 1. The van der Waals surface area contributed by atoms with Gasteiger partial charge in [-0.1, -0.05) is 6.07 Å². The lowest BCUT2D eigenvalue weighted by molar-refractivity contribution is -0.384. The molecule has 3 rings (SSSR count). The minimum absolute atomic E-state index is 0.0803. The SMILES string of the molecule is Cc1ccc(NC(=O)C(C)OC(=O)c2cc3cc([N+](=O)[O-])ccc3s2)cc1F. The van der Waals surface area contributed by atoms with Crippen molar-refractivity contribution >= 4 is 44.7 Å². The molecule has 28 heavy (non-hydrogen) atoms. The van der Waals surface area contributed by atoms with Gasteiger partial charge in [0, 0.05) is 27.9 Å². The molecule has 0 saturated carbocycles. The summed E-state index contributed by atoms with van der Waals surface area (Å²) in [6, 6.07) is 10.0. The number of ether oxygens (including phenoxy) is 1. The van der Waals surface area contributed by atoms with Gasteiger partial charge in [-0.25, -0.2) is 9.18 Å². The molecule has 0 saturated heterocycles. The molecule has 7 nitrogen and oxygen atoms in total. The summed E-state index contributed by atoms with van der Waals surface area (Å²) >= 11 is 1.11. The van der Waals surface area contributed by atoms with E-state index in [-0.39, 0.29) is 16.3 Å². The van der Waals surface area contributed by atoms with Crippen LogP contribution in [-0.2, 0) is 9.53 Å². The van der Waals surface area contributed by atoms with Gasteiger partial charge in [0.15, 0.2) is 6.10 Å². The Morgan fingerprint density at radius 1 is 1.21 bits per heavy atom. The molecule has 1 heterocycles. The van der Waals surface area contributed by atoms with Gasteiger partial charge in [-0.2, -0.15) is 0 Å². The molecule has 0 fully saturated rings. The Morgan fingerprint density at radius 3 is 2.64 bits per heavy atom. The van der Waals surface area contributed by atoms with E-state index in [1.807, 2.05) is 0 Å². The zero-order chi connectivity index (χ0) is 20.4. The normalized spacial score (nSPS) is 11.8. The molecule has 144 valence electrons. The van der Waals surface area contributed by atoms with Gasteiger partial charge < -0.3 is 10.1 Å². The third kappa shape index (κ3) is 4.15. The van der Waals surface area contributed by atoms with E-state index >= 15 is 0 Å². The largest absolute Gasteiger partial charge is 0.448 e. The summed E-state index contributed by atoms with van der Waals surface area (Å²) < 4.78 is 19.4. The highest BCUT2D eigenvalue weighted by Gasteiger charge is 2.21. The van der Waals surface area contributed by atoms with Gasteiger partial charge in [0.05, 0.1) is 4.92 Å². The number of nitrogens with zero attached hydrogens (tertiary/aromatic N) is 1. The Labute approximate surface area is 162 Å². The van der Waals surface area contributed by atoms with Gasteiger partial charge in [-0.3, -0.25) is 14.9 Å². The fourth-order valence-corrected chi connectivity index (χ4v) is 3.36. The average Bonchev–Trinajstić information content (AvgIpc) is 3.08. The van der Waals surface area contributed by atoms with Crippen molar-refractivity contribution in [1.82, 2.24) is 0 Å². The number of non-ortho nitro benzene ring substituents is 1. The smallest absolute Gasteiger partial charge is 0.349 e. The Balaban J connectivity index is 1.69. The van der Waals surface area contributed by atoms with Crippen molar-refractivity contribution < 1.29 is 23.6 Å². The molecular weight excluding hydrogens is 387 g/mol. The summed E-state index contributed by atoms with van der Waals surface area (Å²) in [6.07, 6.45) is -1.11. The van der Waals surface area contributed by atoms with E-state index in [0.717, 1.165) is 11.3 Å². The number of benzene rings is 2. The quantitative estimate of drug-likeness (QED) is 0.386. The summed E-state index contributed by atoms with van der Waals surface area (Å²) in [5.41, 5.74) is 0.621. The van der Waals surface area contributed by atoms with Gasteiger partial charge in [0.25, 0.3) is 11.6 Å². The highest BCUT2D eigenvalue weighted by Crippen LogP contribution is 2.29. The highest BCUT2D eigenvalue weighted by atomic mass is 32.1. The van der Waals surface area contributed by atoms with Gasteiger partial charge in [-0.15, -0.1) is 11.3 Å². The maximum absolute atomic E-state index is 13.6. The molecule has 1 N–H and O–H groups in total. The van der Waals surface area contributed by atoms with E-state index in [4.69, 9.17) is 4.74 Å².